The molecule has 2 N–H and O–H groups in total. The topological polar surface area (TPSA) is 49.8 Å². The number of anilines is 3. The van der Waals surface area contributed by atoms with E-state index in [9.17, 15) is 0 Å². The van der Waals surface area contributed by atoms with Crippen LogP contribution >= 0.6 is 11.6 Å². The summed E-state index contributed by atoms with van der Waals surface area (Å²) in [7, 11) is 0. The highest BCUT2D eigenvalue weighted by Gasteiger charge is 2.07. The molecule has 20 heavy (non-hydrogen) atoms. The van der Waals surface area contributed by atoms with Gasteiger partial charge in [-0.1, -0.05) is 17.7 Å². The Morgan fingerprint density at radius 1 is 1.20 bits per heavy atom. The smallest absolute Gasteiger partial charge is 0.224 e. The Kier molecular flexibility index (Phi) is 4.45. The third kappa shape index (κ3) is 3.61. The van der Waals surface area contributed by atoms with E-state index in [0.29, 0.717) is 11.0 Å². The number of halogens is 1. The Labute approximate surface area is 124 Å². The van der Waals surface area contributed by atoms with E-state index >= 15 is 0 Å². The van der Waals surface area contributed by atoms with Crippen LogP contribution in [0.2, 0.25) is 5.02 Å². The number of hydrogen-bond acceptors (Lipinski definition) is 4. The fourth-order valence-corrected chi connectivity index (χ4v) is 2.33. The Balaban J connectivity index is 2.26. The summed E-state index contributed by atoms with van der Waals surface area (Å²) in [6.07, 6.45) is 1.72. The van der Waals surface area contributed by atoms with Gasteiger partial charge in [-0.15, -0.1) is 0 Å². The highest BCUT2D eigenvalue weighted by atomic mass is 35.5. The maximum absolute atomic E-state index is 6.29. The van der Waals surface area contributed by atoms with E-state index in [2.05, 4.69) is 26.7 Å². The summed E-state index contributed by atoms with van der Waals surface area (Å²) in [6, 6.07) is 6.13. The lowest BCUT2D eigenvalue weighted by molar-refractivity contribution is 0.875. The first-order valence-electron chi connectivity index (χ1n) is 6.59. The molecule has 0 radical (unpaired) electrons. The van der Waals surface area contributed by atoms with Gasteiger partial charge in [0.15, 0.2) is 0 Å². The van der Waals surface area contributed by atoms with Crippen LogP contribution in [0.5, 0.6) is 0 Å². The monoisotopic (exact) mass is 290 g/mol. The summed E-state index contributed by atoms with van der Waals surface area (Å²) in [6.45, 7) is 8.14. The fourth-order valence-electron chi connectivity index (χ4n) is 1.96. The molecule has 1 aromatic heterocycles. The molecule has 0 spiro atoms. The lowest BCUT2D eigenvalue weighted by Crippen LogP contribution is -2.12. The van der Waals surface area contributed by atoms with Gasteiger partial charge >= 0.3 is 0 Å². The van der Waals surface area contributed by atoms with Crippen LogP contribution in [0.15, 0.2) is 24.4 Å². The molecule has 0 unspecified atom stereocenters. The van der Waals surface area contributed by atoms with E-state index < -0.39 is 0 Å². The van der Waals surface area contributed by atoms with Gasteiger partial charge in [0.05, 0.1) is 10.7 Å². The first kappa shape index (κ1) is 14.6. The van der Waals surface area contributed by atoms with E-state index in [4.69, 9.17) is 11.6 Å². The van der Waals surface area contributed by atoms with Crippen molar-refractivity contribution in [2.45, 2.75) is 33.7 Å². The number of benzene rings is 1. The number of aromatic nitrogens is 2. The highest BCUT2D eigenvalue weighted by Crippen LogP contribution is 2.29. The second-order valence-electron chi connectivity index (χ2n) is 5.13. The largest absolute Gasteiger partial charge is 0.352 e. The van der Waals surface area contributed by atoms with Crippen molar-refractivity contribution >= 4 is 29.1 Å². The lowest BCUT2D eigenvalue weighted by Gasteiger charge is -2.13. The van der Waals surface area contributed by atoms with Crippen LogP contribution in [0.1, 0.15) is 25.0 Å². The van der Waals surface area contributed by atoms with Crippen LogP contribution in [-0.4, -0.2) is 16.0 Å². The Bertz CT molecular complexity index is 588. The van der Waals surface area contributed by atoms with Gasteiger partial charge in [-0.05, 0) is 51.0 Å². The highest BCUT2D eigenvalue weighted by molar-refractivity contribution is 6.33. The van der Waals surface area contributed by atoms with Crippen LogP contribution in [-0.2, 0) is 0 Å². The van der Waals surface area contributed by atoms with E-state index in [-0.39, 0.29) is 6.04 Å². The molecule has 0 saturated carbocycles. The molecule has 0 bridgehead atoms. The maximum atomic E-state index is 6.29. The quantitative estimate of drug-likeness (QED) is 0.881. The molecule has 0 aliphatic rings. The van der Waals surface area contributed by atoms with Crippen LogP contribution in [0.4, 0.5) is 17.5 Å². The number of aryl methyl sites for hydroxylation is 2. The molecule has 106 valence electrons. The average molecular weight is 291 g/mol. The SMILES string of the molecule is Cc1cc(C)c(Nc2ccnc(NC(C)C)n2)c(Cl)c1. The molecule has 0 aliphatic heterocycles. The lowest BCUT2D eigenvalue weighted by atomic mass is 10.1. The molecule has 2 rings (SSSR count). The predicted octanol–water partition coefficient (Wildman–Crippen LogP) is 4.31. The second kappa shape index (κ2) is 6.09. The Morgan fingerprint density at radius 2 is 1.95 bits per heavy atom. The van der Waals surface area contributed by atoms with Crippen LogP contribution in [0.25, 0.3) is 0 Å². The van der Waals surface area contributed by atoms with Crippen molar-refractivity contribution < 1.29 is 0 Å². The fraction of sp³-hybridized carbons (Fsp3) is 0.333. The zero-order chi connectivity index (χ0) is 14.7. The van der Waals surface area contributed by atoms with Crippen molar-refractivity contribution in [3.8, 4) is 0 Å². The molecule has 1 aromatic carbocycles. The van der Waals surface area contributed by atoms with Crippen LogP contribution in [0, 0.1) is 13.8 Å². The first-order valence-corrected chi connectivity index (χ1v) is 6.97. The summed E-state index contributed by atoms with van der Waals surface area (Å²) < 4.78 is 0. The minimum Gasteiger partial charge on any atom is -0.352 e. The van der Waals surface area contributed by atoms with Crippen molar-refractivity contribution in [1.29, 1.82) is 0 Å². The molecule has 4 nitrogen and oxygen atoms in total. The number of rotatable bonds is 4. The molecule has 0 atom stereocenters. The summed E-state index contributed by atoms with van der Waals surface area (Å²) in [5, 5.41) is 7.13. The van der Waals surface area contributed by atoms with Crippen molar-refractivity contribution in [2.24, 2.45) is 0 Å². The molecular formula is C15H19ClN4. The zero-order valence-electron chi connectivity index (χ0n) is 12.2. The van der Waals surface area contributed by atoms with Gasteiger partial charge in [-0.25, -0.2) is 4.98 Å². The number of hydrogen-bond donors (Lipinski definition) is 2. The average Bonchev–Trinajstić information content (AvgIpc) is 2.33. The molecule has 0 fully saturated rings. The van der Waals surface area contributed by atoms with Gasteiger partial charge in [0, 0.05) is 12.2 Å². The first-order chi connectivity index (χ1) is 9.45. The van der Waals surface area contributed by atoms with E-state index in [0.717, 1.165) is 22.6 Å². The van der Waals surface area contributed by atoms with Gasteiger partial charge in [0.2, 0.25) is 5.95 Å². The van der Waals surface area contributed by atoms with Crippen molar-refractivity contribution in [1.82, 2.24) is 9.97 Å². The Hall–Kier alpha value is -1.81. The van der Waals surface area contributed by atoms with Gasteiger partial charge in [-0.3, -0.25) is 0 Å². The number of nitrogens with zero attached hydrogens (tertiary/aromatic N) is 2. The third-order valence-corrected chi connectivity index (χ3v) is 3.06. The molecule has 0 aliphatic carbocycles. The van der Waals surface area contributed by atoms with Gasteiger partial charge in [-0.2, -0.15) is 4.98 Å². The molecule has 2 aromatic rings. The van der Waals surface area contributed by atoms with Gasteiger partial charge in [0.1, 0.15) is 5.82 Å². The summed E-state index contributed by atoms with van der Waals surface area (Å²) in [4.78, 5) is 8.61. The van der Waals surface area contributed by atoms with Crippen molar-refractivity contribution in [2.75, 3.05) is 10.6 Å². The predicted molar refractivity (Wildman–Crippen MR) is 85.0 cm³/mol. The molecule has 5 heteroatoms. The standard InChI is InChI=1S/C15H19ClN4/c1-9(2)18-15-17-6-5-13(20-15)19-14-11(4)7-10(3)8-12(14)16/h5-9H,1-4H3,(H2,17,18,19,20). The van der Waals surface area contributed by atoms with E-state index in [1.807, 2.05) is 39.8 Å². The van der Waals surface area contributed by atoms with Gasteiger partial charge in [0.25, 0.3) is 0 Å². The molecular weight excluding hydrogens is 272 g/mol. The summed E-state index contributed by atoms with van der Waals surface area (Å²) in [5.74, 6) is 1.32. The molecule has 0 saturated heterocycles. The minimum atomic E-state index is 0.287. The van der Waals surface area contributed by atoms with Crippen LogP contribution < -0.4 is 10.6 Å². The Morgan fingerprint density at radius 3 is 2.60 bits per heavy atom. The van der Waals surface area contributed by atoms with Crippen LogP contribution in [0.3, 0.4) is 0 Å². The normalized spacial score (nSPS) is 10.7. The molecule has 0 amide bonds. The summed E-state index contributed by atoms with van der Waals surface area (Å²) in [5.41, 5.74) is 3.11. The minimum absolute atomic E-state index is 0.287. The number of nitrogens with one attached hydrogen (secondary N) is 2. The zero-order valence-corrected chi connectivity index (χ0v) is 12.9. The van der Waals surface area contributed by atoms with Crippen molar-refractivity contribution in [3.05, 3.63) is 40.5 Å². The van der Waals surface area contributed by atoms with Gasteiger partial charge < -0.3 is 10.6 Å². The van der Waals surface area contributed by atoms with Crippen molar-refractivity contribution in [3.63, 3.8) is 0 Å². The maximum Gasteiger partial charge on any atom is 0.224 e. The second-order valence-corrected chi connectivity index (χ2v) is 5.54. The molecule has 1 heterocycles. The summed E-state index contributed by atoms with van der Waals surface area (Å²) >= 11 is 6.29. The van der Waals surface area contributed by atoms with E-state index in [1.54, 1.807) is 6.20 Å². The third-order valence-electron chi connectivity index (χ3n) is 2.76. The van der Waals surface area contributed by atoms with E-state index in [1.165, 1.54) is 0 Å².